The number of aromatic nitrogens is 5. The maximum absolute atomic E-state index is 12.4. The van der Waals surface area contributed by atoms with E-state index in [1.807, 2.05) is 164 Å². The number of nitrogens with one attached hydrogen (secondary N) is 1. The lowest BCUT2D eigenvalue weighted by atomic mass is 10.1. The zero-order valence-electron chi connectivity index (χ0n) is 32.5. The number of amides is 1. The Morgan fingerprint density at radius 3 is 1.51 bits per heavy atom. The van der Waals surface area contributed by atoms with Crippen LogP contribution in [-0.2, 0) is 0 Å². The summed E-state index contributed by atoms with van der Waals surface area (Å²) < 4.78 is 0. The molecule has 0 aliphatic carbocycles. The minimum atomic E-state index is -0.399. The van der Waals surface area contributed by atoms with Crippen LogP contribution in [-0.4, -0.2) is 35.8 Å². The van der Waals surface area contributed by atoms with E-state index in [1.54, 1.807) is 6.07 Å². The molecule has 4 aromatic heterocycles. The molecule has 0 unspecified atom stereocenters. The molecule has 0 atom stereocenters. The number of pyridine rings is 3. The van der Waals surface area contributed by atoms with Crippen LogP contribution in [0, 0.1) is 10.1 Å². The molecule has 11 heteroatoms. The Morgan fingerprint density at radius 2 is 0.984 bits per heavy atom. The summed E-state index contributed by atoms with van der Waals surface area (Å²) in [6.07, 6.45) is 4.45. The van der Waals surface area contributed by atoms with Gasteiger partial charge in [0.1, 0.15) is 11.2 Å². The number of nitrogens with zero attached hydrogens (tertiary/aromatic N) is 6. The van der Waals surface area contributed by atoms with E-state index in [9.17, 15) is 14.9 Å². The van der Waals surface area contributed by atoms with Crippen molar-refractivity contribution in [3.05, 3.63) is 216 Å². The first-order chi connectivity index (χ1) is 29.9. The van der Waals surface area contributed by atoms with E-state index in [-0.39, 0.29) is 17.3 Å². The lowest BCUT2D eigenvalue weighted by Gasteiger charge is -2.09. The Morgan fingerprint density at radius 1 is 0.508 bits per heavy atom. The minimum absolute atomic E-state index is 0.0373. The lowest BCUT2D eigenvalue weighted by molar-refractivity contribution is -0.383. The van der Waals surface area contributed by atoms with Crippen LogP contribution in [0.2, 0.25) is 0 Å². The second-order valence-electron chi connectivity index (χ2n) is 13.6. The first kappa shape index (κ1) is 39.1. The van der Waals surface area contributed by atoms with E-state index in [4.69, 9.17) is 10.7 Å². The van der Waals surface area contributed by atoms with Crippen LogP contribution >= 0.6 is 0 Å². The molecular weight excluding hydrogens is 761 g/mol. The van der Waals surface area contributed by atoms with Gasteiger partial charge in [0.25, 0.3) is 11.6 Å². The Balaban J connectivity index is 0.000000129. The topological polar surface area (TPSA) is 163 Å². The highest BCUT2D eigenvalue weighted by Gasteiger charge is 2.14. The van der Waals surface area contributed by atoms with Crippen molar-refractivity contribution in [2.75, 3.05) is 11.1 Å². The fraction of sp³-hybridized carbons (Fsp3) is 0. The molecule has 61 heavy (non-hydrogen) atoms. The molecule has 1 amide bonds. The van der Waals surface area contributed by atoms with Crippen molar-refractivity contribution in [2.45, 2.75) is 0 Å². The first-order valence-electron chi connectivity index (χ1n) is 19.2. The zero-order chi connectivity index (χ0) is 42.0. The van der Waals surface area contributed by atoms with E-state index in [0.29, 0.717) is 11.2 Å². The molecule has 11 nitrogen and oxygen atoms in total. The largest absolute Gasteiger partial charge is 0.397 e. The second-order valence-corrected chi connectivity index (χ2v) is 13.6. The third-order valence-corrected chi connectivity index (χ3v) is 9.62. The normalized spacial score (nSPS) is 10.6. The van der Waals surface area contributed by atoms with Crippen LogP contribution in [0.1, 0.15) is 10.5 Å². The number of non-ortho nitro benzene ring substituents is 1. The molecule has 0 bridgehead atoms. The maximum atomic E-state index is 12.4. The fourth-order valence-electron chi connectivity index (χ4n) is 6.61. The van der Waals surface area contributed by atoms with Crippen molar-refractivity contribution in [3.8, 4) is 33.8 Å². The molecule has 0 radical (unpaired) electrons. The Bertz CT molecular complexity index is 3120. The van der Waals surface area contributed by atoms with Gasteiger partial charge in [0, 0.05) is 51.3 Å². The molecular formula is C50H36N8O3. The Labute approximate surface area is 350 Å². The van der Waals surface area contributed by atoms with Crippen molar-refractivity contribution in [1.29, 1.82) is 0 Å². The SMILES string of the molecule is Nc1cccc2ccc(-c3ccccc3)nc12.O=C(Nc1cccc2ccc(-c3ccccc3)nc12)c1cnccn1.O=[N+]([O-])c1cccc2ccc(-c3ccccc3)nc12. The summed E-state index contributed by atoms with van der Waals surface area (Å²) in [6.45, 7) is 0. The molecule has 294 valence electrons. The summed E-state index contributed by atoms with van der Waals surface area (Å²) in [5.41, 5.74) is 15.3. The van der Waals surface area contributed by atoms with Gasteiger partial charge in [-0.15, -0.1) is 0 Å². The Kier molecular flexibility index (Phi) is 11.7. The second kappa shape index (κ2) is 18.3. The highest BCUT2D eigenvalue weighted by Crippen LogP contribution is 2.29. The van der Waals surface area contributed by atoms with Crippen molar-refractivity contribution in [2.24, 2.45) is 0 Å². The molecule has 0 aliphatic heterocycles. The van der Waals surface area contributed by atoms with Crippen molar-refractivity contribution in [1.82, 2.24) is 24.9 Å². The number of nitrogen functional groups attached to an aromatic ring is 1. The van der Waals surface area contributed by atoms with Crippen LogP contribution in [0.25, 0.3) is 66.5 Å². The molecule has 0 spiro atoms. The van der Waals surface area contributed by atoms with E-state index >= 15 is 0 Å². The molecule has 0 saturated carbocycles. The van der Waals surface area contributed by atoms with Crippen LogP contribution in [0.3, 0.4) is 0 Å². The number of nitro benzene ring substituents is 1. The zero-order valence-corrected chi connectivity index (χ0v) is 32.5. The van der Waals surface area contributed by atoms with Gasteiger partial charge in [-0.1, -0.05) is 146 Å². The van der Waals surface area contributed by atoms with Crippen molar-refractivity contribution in [3.63, 3.8) is 0 Å². The maximum Gasteiger partial charge on any atom is 0.295 e. The minimum Gasteiger partial charge on any atom is -0.397 e. The number of rotatable bonds is 6. The summed E-state index contributed by atoms with van der Waals surface area (Å²) in [7, 11) is 0. The third kappa shape index (κ3) is 9.22. The fourth-order valence-corrected chi connectivity index (χ4v) is 6.61. The van der Waals surface area contributed by atoms with E-state index < -0.39 is 4.92 Å². The number of fused-ring (bicyclic) bond motifs is 3. The number of nitrogens with two attached hydrogens (primary N) is 1. The number of nitro groups is 1. The van der Waals surface area contributed by atoms with Crippen LogP contribution in [0.4, 0.5) is 17.1 Å². The molecule has 3 N–H and O–H groups in total. The molecule has 0 saturated heterocycles. The number of hydrogen-bond acceptors (Lipinski definition) is 9. The monoisotopic (exact) mass is 796 g/mol. The van der Waals surface area contributed by atoms with Crippen LogP contribution < -0.4 is 11.1 Å². The quantitative estimate of drug-likeness (QED) is 0.0947. The van der Waals surface area contributed by atoms with Gasteiger partial charge in [-0.2, -0.15) is 0 Å². The summed E-state index contributed by atoms with van der Waals surface area (Å²) in [6, 6.07) is 58.0. The van der Waals surface area contributed by atoms with Gasteiger partial charge in [-0.3, -0.25) is 19.9 Å². The highest BCUT2D eigenvalue weighted by atomic mass is 16.6. The summed E-state index contributed by atoms with van der Waals surface area (Å²) in [5.74, 6) is -0.312. The number of carbonyl (C=O) groups excluding carboxylic acids is 1. The van der Waals surface area contributed by atoms with Gasteiger partial charge < -0.3 is 11.1 Å². The number of benzene rings is 6. The van der Waals surface area contributed by atoms with Crippen molar-refractivity contribution >= 4 is 55.7 Å². The average molecular weight is 797 g/mol. The van der Waals surface area contributed by atoms with E-state index in [0.717, 1.165) is 66.7 Å². The highest BCUT2D eigenvalue weighted by molar-refractivity contribution is 6.07. The molecule has 10 aromatic rings. The van der Waals surface area contributed by atoms with Gasteiger partial charge in [0.05, 0.1) is 50.6 Å². The smallest absolute Gasteiger partial charge is 0.295 e. The average Bonchev–Trinajstić information content (AvgIpc) is 3.32. The van der Waals surface area contributed by atoms with Gasteiger partial charge >= 0.3 is 0 Å². The third-order valence-electron chi connectivity index (χ3n) is 9.62. The van der Waals surface area contributed by atoms with Crippen molar-refractivity contribution < 1.29 is 9.72 Å². The lowest BCUT2D eigenvalue weighted by Crippen LogP contribution is -2.14. The summed E-state index contributed by atoms with van der Waals surface area (Å²) in [4.78, 5) is 44.7. The van der Waals surface area contributed by atoms with Gasteiger partial charge in [-0.05, 0) is 30.3 Å². The standard InChI is InChI=1S/C20H14N4O.C15H10N2O2.C15H12N2/c25-20(18-13-21-11-12-22-18)24-17-8-4-7-15-9-10-16(23-19(15)17)14-5-2-1-3-6-14;18-17(19)14-8-4-7-12-9-10-13(16-15(12)14)11-5-2-1-3-6-11;16-13-8-4-7-12-9-10-14(17-15(12)13)11-5-2-1-3-6-11/h1-13H,(H,24,25);1-10H;1-10H,16H2. The number of anilines is 2. The predicted octanol–water partition coefficient (Wildman–Crippen LogP) is 11.2. The predicted molar refractivity (Wildman–Crippen MR) is 243 cm³/mol. The summed E-state index contributed by atoms with van der Waals surface area (Å²) >= 11 is 0. The molecule has 4 heterocycles. The molecule has 0 aliphatic rings. The van der Waals surface area contributed by atoms with Gasteiger partial charge in [0.15, 0.2) is 0 Å². The van der Waals surface area contributed by atoms with E-state index in [1.165, 1.54) is 24.7 Å². The van der Waals surface area contributed by atoms with Crippen LogP contribution in [0.15, 0.2) is 201 Å². The van der Waals surface area contributed by atoms with Gasteiger partial charge in [-0.25, -0.2) is 19.9 Å². The molecule has 6 aromatic carbocycles. The number of para-hydroxylation sites is 3. The first-order valence-corrected chi connectivity index (χ1v) is 19.2. The molecule has 10 rings (SSSR count). The number of carbonyl (C=O) groups is 1. The van der Waals surface area contributed by atoms with E-state index in [2.05, 4.69) is 31.3 Å². The number of hydrogen-bond donors (Lipinski definition) is 2. The Hall–Kier alpha value is -8.70. The summed E-state index contributed by atoms with van der Waals surface area (Å²) in [5, 5.41) is 16.7. The molecule has 0 fully saturated rings. The van der Waals surface area contributed by atoms with Crippen LogP contribution in [0.5, 0.6) is 0 Å². The van der Waals surface area contributed by atoms with Gasteiger partial charge in [0.2, 0.25) is 0 Å².